The third kappa shape index (κ3) is 8.37. The highest BCUT2D eigenvalue weighted by Crippen LogP contribution is 2.21. The van der Waals surface area contributed by atoms with E-state index in [-0.39, 0.29) is 17.3 Å². The van der Waals surface area contributed by atoms with Crippen LogP contribution >= 0.6 is 11.8 Å². The van der Waals surface area contributed by atoms with Gasteiger partial charge in [-0.25, -0.2) is 14.4 Å². The summed E-state index contributed by atoms with van der Waals surface area (Å²) in [5.74, 6) is 0.300. The van der Waals surface area contributed by atoms with E-state index in [2.05, 4.69) is 27.2 Å². The van der Waals surface area contributed by atoms with E-state index >= 15 is 0 Å². The number of rotatable bonds is 13. The van der Waals surface area contributed by atoms with Crippen LogP contribution in [0.15, 0.2) is 59.1 Å². The summed E-state index contributed by atoms with van der Waals surface area (Å²) in [5.41, 5.74) is 2.01. The van der Waals surface area contributed by atoms with Gasteiger partial charge >= 0.3 is 0 Å². The average Bonchev–Trinajstić information content (AvgIpc) is 2.84. The minimum atomic E-state index is -0.296. The lowest BCUT2D eigenvalue weighted by Crippen LogP contribution is -2.25. The normalized spacial score (nSPS) is 10.9. The average molecular weight is 484 g/mol. The summed E-state index contributed by atoms with van der Waals surface area (Å²) in [6.07, 6.45) is 11.2. The second-order valence-electron chi connectivity index (χ2n) is 8.05. The van der Waals surface area contributed by atoms with E-state index < -0.39 is 0 Å². The fraction of sp³-hybridized carbons (Fsp3) is 0.400. The van der Waals surface area contributed by atoms with Gasteiger partial charge in [-0.1, -0.05) is 43.7 Å². The van der Waals surface area contributed by atoms with Crippen LogP contribution in [0.4, 0.5) is 4.39 Å². The number of aryl methyl sites for hydroxylation is 1. The Morgan fingerprint density at radius 3 is 2.59 bits per heavy atom. The smallest absolute Gasteiger partial charge is 0.277 e. The molecule has 7 nitrogen and oxygen atoms in total. The molecule has 180 valence electrons. The first-order chi connectivity index (χ1) is 16.5. The van der Waals surface area contributed by atoms with Crippen LogP contribution in [0, 0.1) is 5.82 Å². The molecule has 1 amide bonds. The maximum atomic E-state index is 13.2. The number of hydrogen-bond acceptors (Lipinski definition) is 6. The van der Waals surface area contributed by atoms with Crippen LogP contribution in [-0.4, -0.2) is 32.0 Å². The first kappa shape index (κ1) is 25.6. The maximum absolute atomic E-state index is 13.2. The van der Waals surface area contributed by atoms with Gasteiger partial charge in [0.15, 0.2) is 5.16 Å². The lowest BCUT2D eigenvalue weighted by atomic mass is 10.1. The van der Waals surface area contributed by atoms with Gasteiger partial charge in [0.1, 0.15) is 12.1 Å². The fourth-order valence-electron chi connectivity index (χ4n) is 3.39. The number of carbonyl (C=O) groups is 1. The lowest BCUT2D eigenvalue weighted by Gasteiger charge is -2.14. The van der Waals surface area contributed by atoms with Gasteiger partial charge in [-0.3, -0.25) is 9.59 Å². The number of amides is 1. The topological polar surface area (TPSA) is 89.8 Å². The zero-order valence-corrected chi connectivity index (χ0v) is 20.2. The van der Waals surface area contributed by atoms with Gasteiger partial charge in [-0.15, -0.1) is 0 Å². The molecule has 3 rings (SSSR count). The SMILES string of the molecule is CCCCCNC(=O)CCCn1cc(Cc2cncnc2)c(=O)nc1SCc1ccc(F)cc1. The van der Waals surface area contributed by atoms with E-state index in [1.165, 1.54) is 30.2 Å². The highest BCUT2D eigenvalue weighted by atomic mass is 32.2. The van der Waals surface area contributed by atoms with Crippen molar-refractivity contribution >= 4 is 17.7 Å². The Bertz CT molecular complexity index is 1110. The van der Waals surface area contributed by atoms with Crippen LogP contribution in [-0.2, 0) is 23.5 Å². The van der Waals surface area contributed by atoms with Crippen molar-refractivity contribution in [3.8, 4) is 0 Å². The third-order valence-electron chi connectivity index (χ3n) is 5.22. The molecule has 0 atom stereocenters. The third-order valence-corrected chi connectivity index (χ3v) is 6.29. The Morgan fingerprint density at radius 1 is 1.09 bits per heavy atom. The minimum Gasteiger partial charge on any atom is -0.356 e. The molecule has 1 N–H and O–H groups in total. The molecule has 2 aromatic heterocycles. The Labute approximate surface area is 203 Å². The molecule has 0 saturated carbocycles. The second kappa shape index (κ2) is 13.6. The van der Waals surface area contributed by atoms with Crippen LogP contribution in [0.1, 0.15) is 55.7 Å². The van der Waals surface area contributed by atoms with Crippen molar-refractivity contribution in [1.82, 2.24) is 24.8 Å². The first-order valence-corrected chi connectivity index (χ1v) is 12.5. The van der Waals surface area contributed by atoms with Gasteiger partial charge < -0.3 is 9.88 Å². The number of nitrogens with zero attached hydrogens (tertiary/aromatic N) is 4. The number of carbonyl (C=O) groups excluding carboxylic acids is 1. The summed E-state index contributed by atoms with van der Waals surface area (Å²) < 4.78 is 15.1. The van der Waals surface area contributed by atoms with Crippen molar-refractivity contribution in [1.29, 1.82) is 0 Å². The Balaban J connectivity index is 1.69. The highest BCUT2D eigenvalue weighted by Gasteiger charge is 2.12. The summed E-state index contributed by atoms with van der Waals surface area (Å²) in [6.45, 7) is 3.39. The number of benzene rings is 1. The fourth-order valence-corrected chi connectivity index (χ4v) is 4.33. The number of nitrogens with one attached hydrogen (secondary N) is 1. The molecule has 1 aromatic carbocycles. The Hall–Kier alpha value is -3.07. The van der Waals surface area contributed by atoms with Crippen molar-refractivity contribution < 1.29 is 9.18 Å². The lowest BCUT2D eigenvalue weighted by molar-refractivity contribution is -0.121. The van der Waals surface area contributed by atoms with E-state index in [4.69, 9.17) is 0 Å². The van der Waals surface area contributed by atoms with Crippen molar-refractivity contribution in [2.45, 2.75) is 62.9 Å². The molecule has 0 bridgehead atoms. The van der Waals surface area contributed by atoms with E-state index in [1.54, 1.807) is 24.5 Å². The Morgan fingerprint density at radius 2 is 1.85 bits per heavy atom. The van der Waals surface area contributed by atoms with Crippen molar-refractivity contribution in [3.05, 3.63) is 82.0 Å². The van der Waals surface area contributed by atoms with Crippen molar-refractivity contribution in [2.75, 3.05) is 6.54 Å². The van der Waals surface area contributed by atoms with Crippen molar-refractivity contribution in [3.63, 3.8) is 0 Å². The van der Waals surface area contributed by atoms with Crippen LogP contribution < -0.4 is 10.9 Å². The van der Waals surface area contributed by atoms with Gasteiger partial charge in [-0.05, 0) is 36.1 Å². The monoisotopic (exact) mass is 483 g/mol. The molecule has 0 unspecified atom stereocenters. The van der Waals surface area contributed by atoms with Gasteiger partial charge in [0, 0.05) is 55.8 Å². The zero-order chi connectivity index (χ0) is 24.2. The van der Waals surface area contributed by atoms with Gasteiger partial charge in [0.05, 0.1) is 0 Å². The first-order valence-electron chi connectivity index (χ1n) is 11.5. The van der Waals surface area contributed by atoms with E-state index in [9.17, 15) is 14.0 Å². The summed E-state index contributed by atoms with van der Waals surface area (Å²) in [4.78, 5) is 37.2. The standard InChI is InChI=1S/C25H30FN5O2S/c1-2-3-4-11-29-23(32)6-5-12-31-16-21(13-20-14-27-18-28-15-20)24(33)30-25(31)34-17-19-7-9-22(26)10-8-19/h7-10,14-16,18H,2-6,11-13,17H2,1H3,(H,29,32). The predicted octanol–water partition coefficient (Wildman–Crippen LogP) is 4.14. The molecular weight excluding hydrogens is 453 g/mol. The molecule has 0 radical (unpaired) electrons. The van der Waals surface area contributed by atoms with Crippen LogP contribution in [0.3, 0.4) is 0 Å². The molecule has 3 aromatic rings. The zero-order valence-electron chi connectivity index (χ0n) is 19.4. The second-order valence-corrected chi connectivity index (χ2v) is 8.99. The molecule has 0 aliphatic carbocycles. The predicted molar refractivity (Wildman–Crippen MR) is 131 cm³/mol. The number of halogens is 1. The molecule has 2 heterocycles. The van der Waals surface area contributed by atoms with Gasteiger partial charge in [-0.2, -0.15) is 4.98 Å². The molecule has 0 spiro atoms. The number of hydrogen-bond donors (Lipinski definition) is 1. The molecule has 0 aliphatic heterocycles. The molecular formula is C25H30FN5O2S. The van der Waals surface area contributed by atoms with Gasteiger partial charge in [0.2, 0.25) is 5.91 Å². The van der Waals surface area contributed by atoms with Crippen LogP contribution in [0.25, 0.3) is 0 Å². The number of unbranched alkanes of at least 4 members (excludes halogenated alkanes) is 2. The highest BCUT2D eigenvalue weighted by molar-refractivity contribution is 7.98. The summed E-state index contributed by atoms with van der Waals surface area (Å²) in [5, 5.41) is 3.53. The number of thioether (sulfide) groups is 1. The Kier molecular flexibility index (Phi) is 10.2. The minimum absolute atomic E-state index is 0.0345. The van der Waals surface area contributed by atoms with E-state index in [0.29, 0.717) is 48.8 Å². The quantitative estimate of drug-likeness (QED) is 0.223. The van der Waals surface area contributed by atoms with E-state index in [0.717, 1.165) is 30.4 Å². The van der Waals surface area contributed by atoms with E-state index in [1.807, 2.05) is 10.8 Å². The molecule has 9 heteroatoms. The van der Waals surface area contributed by atoms with Crippen molar-refractivity contribution in [2.24, 2.45) is 0 Å². The van der Waals surface area contributed by atoms with Crippen LogP contribution in [0.5, 0.6) is 0 Å². The summed E-state index contributed by atoms with van der Waals surface area (Å²) in [6, 6.07) is 6.27. The largest absolute Gasteiger partial charge is 0.356 e. The molecule has 0 fully saturated rings. The number of aromatic nitrogens is 4. The van der Waals surface area contributed by atoms with Crippen LogP contribution in [0.2, 0.25) is 0 Å². The molecule has 0 saturated heterocycles. The molecule has 0 aliphatic rings. The summed E-state index contributed by atoms with van der Waals surface area (Å²) >= 11 is 1.42. The maximum Gasteiger partial charge on any atom is 0.277 e. The summed E-state index contributed by atoms with van der Waals surface area (Å²) in [7, 11) is 0. The van der Waals surface area contributed by atoms with Gasteiger partial charge in [0.25, 0.3) is 5.56 Å². The molecule has 34 heavy (non-hydrogen) atoms.